The summed E-state index contributed by atoms with van der Waals surface area (Å²) in [6.07, 6.45) is 8.21. The average Bonchev–Trinajstić information content (AvgIpc) is 2.65. The normalized spacial score (nSPS) is 14.0. The summed E-state index contributed by atoms with van der Waals surface area (Å²) in [4.78, 5) is 24.5. The number of aromatic hydroxyl groups is 1. The molecule has 3 rings (SSSR count). The van der Waals surface area contributed by atoms with Crippen LogP contribution in [0.2, 0.25) is 0 Å². The fourth-order valence-electron chi connectivity index (χ4n) is 2.41. The first kappa shape index (κ1) is 25.3. The van der Waals surface area contributed by atoms with Gasteiger partial charge in [0, 0.05) is 18.3 Å². The van der Waals surface area contributed by atoms with Crippen LogP contribution in [0.3, 0.4) is 0 Å². The van der Waals surface area contributed by atoms with Gasteiger partial charge in [0.05, 0.1) is 35.8 Å². The van der Waals surface area contributed by atoms with Crippen LogP contribution in [0, 0.1) is 0 Å². The number of rotatable bonds is 8. The summed E-state index contributed by atoms with van der Waals surface area (Å²) in [5, 5.41) is 27.4. The summed E-state index contributed by atoms with van der Waals surface area (Å²) in [5.41, 5.74) is -0.834. The Labute approximate surface area is 187 Å². The zero-order valence-corrected chi connectivity index (χ0v) is 19.0. The van der Waals surface area contributed by atoms with E-state index in [1.54, 1.807) is 6.07 Å². The fourth-order valence-corrected chi connectivity index (χ4v) is 2.41. The standard InChI is InChI=1S/C18H25FN6O3.C4H8/c1-10(2)24-13-5-15(25-17-22-6-11(26)7-23-17)20-8-12(13)16(27)21-9-14(19)18(3,4)28;1-2-4-3-1/h5-8,10,14,26,28H,9H2,1-4H3,(H,21,27)(H2,20,22,23,24,25);1-4H2/t14-;/m1./s1. The minimum Gasteiger partial charge on any atom is -0.505 e. The van der Waals surface area contributed by atoms with Crippen LogP contribution in [0.15, 0.2) is 24.7 Å². The van der Waals surface area contributed by atoms with E-state index in [0.717, 1.165) is 0 Å². The minimum atomic E-state index is -1.61. The van der Waals surface area contributed by atoms with Gasteiger partial charge in [0.1, 0.15) is 12.0 Å². The lowest BCUT2D eigenvalue weighted by molar-refractivity contribution is -0.00177. The monoisotopic (exact) mass is 448 g/mol. The number of hydrogen-bond acceptors (Lipinski definition) is 8. The summed E-state index contributed by atoms with van der Waals surface area (Å²) in [7, 11) is 0. The van der Waals surface area contributed by atoms with Crippen molar-refractivity contribution in [2.24, 2.45) is 0 Å². The first-order valence-corrected chi connectivity index (χ1v) is 10.8. The number of aromatic nitrogens is 3. The SMILES string of the molecule is C1CCC1.CC(C)Nc1cc(Nc2ncc(O)cn2)ncc1C(=O)NC[C@@H](F)C(C)(C)O. The largest absolute Gasteiger partial charge is 0.505 e. The van der Waals surface area contributed by atoms with Crippen LogP contribution < -0.4 is 16.0 Å². The van der Waals surface area contributed by atoms with Crippen LogP contribution in [0.4, 0.5) is 21.8 Å². The maximum absolute atomic E-state index is 13.9. The third kappa shape index (κ3) is 8.26. The molecule has 10 heteroatoms. The summed E-state index contributed by atoms with van der Waals surface area (Å²) >= 11 is 0. The first-order valence-electron chi connectivity index (χ1n) is 10.8. The molecule has 0 saturated heterocycles. The van der Waals surface area contributed by atoms with Crippen molar-refractivity contribution < 1.29 is 19.4 Å². The molecular weight excluding hydrogens is 415 g/mol. The molecule has 176 valence electrons. The van der Waals surface area contributed by atoms with Crippen LogP contribution in [0.1, 0.15) is 63.7 Å². The number of carbonyl (C=O) groups excluding carboxylic acids is 1. The van der Waals surface area contributed by atoms with Gasteiger partial charge >= 0.3 is 0 Å². The maximum atomic E-state index is 13.9. The number of anilines is 3. The highest BCUT2D eigenvalue weighted by Crippen LogP contribution is 2.22. The van der Waals surface area contributed by atoms with E-state index in [2.05, 4.69) is 30.9 Å². The van der Waals surface area contributed by atoms with Gasteiger partial charge in [-0.3, -0.25) is 4.79 Å². The Morgan fingerprint density at radius 1 is 1.12 bits per heavy atom. The quantitative estimate of drug-likeness (QED) is 0.414. The molecule has 0 aromatic carbocycles. The molecule has 0 unspecified atom stereocenters. The minimum absolute atomic E-state index is 0.0250. The molecule has 0 aliphatic heterocycles. The van der Waals surface area contributed by atoms with Gasteiger partial charge < -0.3 is 26.2 Å². The van der Waals surface area contributed by atoms with Crippen molar-refractivity contribution in [3.05, 3.63) is 30.2 Å². The zero-order chi connectivity index (χ0) is 23.7. The molecule has 0 radical (unpaired) electrons. The molecule has 2 aromatic heterocycles. The molecule has 0 spiro atoms. The van der Waals surface area contributed by atoms with Crippen LogP contribution >= 0.6 is 0 Å². The van der Waals surface area contributed by atoms with Gasteiger partial charge in [-0.1, -0.05) is 25.7 Å². The van der Waals surface area contributed by atoms with E-state index in [4.69, 9.17) is 0 Å². The third-order valence-electron chi connectivity index (χ3n) is 4.68. The highest BCUT2D eigenvalue weighted by molar-refractivity contribution is 5.99. The topological polar surface area (TPSA) is 132 Å². The van der Waals surface area contributed by atoms with Gasteiger partial charge in [-0.15, -0.1) is 0 Å². The lowest BCUT2D eigenvalue weighted by atomic mass is 10.0. The van der Waals surface area contributed by atoms with E-state index in [1.807, 2.05) is 13.8 Å². The second-order valence-electron chi connectivity index (χ2n) is 8.55. The number of aliphatic hydroxyl groups is 1. The Morgan fingerprint density at radius 2 is 1.72 bits per heavy atom. The van der Waals surface area contributed by atoms with E-state index < -0.39 is 17.7 Å². The van der Waals surface area contributed by atoms with Crippen molar-refractivity contribution in [3.63, 3.8) is 0 Å². The Kier molecular flexibility index (Phi) is 9.13. The van der Waals surface area contributed by atoms with E-state index in [0.29, 0.717) is 11.5 Å². The molecule has 1 fully saturated rings. The molecule has 0 bridgehead atoms. The second kappa shape index (κ2) is 11.6. The Morgan fingerprint density at radius 3 is 2.22 bits per heavy atom. The Balaban J connectivity index is 0.000000813. The average molecular weight is 449 g/mol. The number of hydrogen-bond donors (Lipinski definition) is 5. The van der Waals surface area contributed by atoms with Crippen molar-refractivity contribution in [1.82, 2.24) is 20.3 Å². The first-order chi connectivity index (χ1) is 15.1. The summed E-state index contributed by atoms with van der Waals surface area (Å²) in [6.45, 7) is 6.16. The van der Waals surface area contributed by atoms with E-state index in [1.165, 1.54) is 58.1 Å². The smallest absolute Gasteiger partial charge is 0.255 e. The number of alkyl halides is 1. The molecule has 1 saturated carbocycles. The van der Waals surface area contributed by atoms with E-state index >= 15 is 0 Å². The fraction of sp³-hybridized carbons (Fsp3) is 0.545. The van der Waals surface area contributed by atoms with Gasteiger partial charge in [-0.2, -0.15) is 0 Å². The van der Waals surface area contributed by atoms with Gasteiger partial charge in [-0.05, 0) is 27.7 Å². The van der Waals surface area contributed by atoms with E-state index in [9.17, 15) is 19.4 Å². The number of nitrogens with zero attached hydrogens (tertiary/aromatic N) is 3. The molecular formula is C22H33FN6O3. The number of pyridine rings is 1. The van der Waals surface area contributed by atoms with Crippen LogP contribution in [-0.2, 0) is 0 Å². The number of halogens is 1. The van der Waals surface area contributed by atoms with Crippen molar-refractivity contribution >= 4 is 23.4 Å². The number of nitrogens with one attached hydrogen (secondary N) is 3. The Bertz CT molecular complexity index is 863. The van der Waals surface area contributed by atoms with Crippen molar-refractivity contribution in [3.8, 4) is 5.75 Å². The van der Waals surface area contributed by atoms with Crippen LogP contribution in [-0.4, -0.2) is 55.4 Å². The predicted octanol–water partition coefficient (Wildman–Crippen LogP) is 3.54. The van der Waals surface area contributed by atoms with E-state index in [-0.39, 0.29) is 29.8 Å². The van der Waals surface area contributed by atoms with Crippen LogP contribution in [0.5, 0.6) is 5.75 Å². The molecule has 1 aliphatic rings. The molecule has 1 amide bonds. The van der Waals surface area contributed by atoms with Crippen molar-refractivity contribution in [2.75, 3.05) is 17.2 Å². The van der Waals surface area contributed by atoms with Gasteiger partial charge in [0.2, 0.25) is 5.95 Å². The van der Waals surface area contributed by atoms with Gasteiger partial charge in [-0.25, -0.2) is 19.3 Å². The van der Waals surface area contributed by atoms with Crippen molar-refractivity contribution in [2.45, 2.75) is 71.2 Å². The molecule has 9 nitrogen and oxygen atoms in total. The third-order valence-corrected chi connectivity index (χ3v) is 4.68. The summed E-state index contributed by atoms with van der Waals surface area (Å²) in [6, 6.07) is 1.63. The lowest BCUT2D eigenvalue weighted by Crippen LogP contribution is -2.42. The van der Waals surface area contributed by atoms with Gasteiger partial charge in [0.15, 0.2) is 5.75 Å². The predicted molar refractivity (Wildman–Crippen MR) is 122 cm³/mol. The highest BCUT2D eigenvalue weighted by atomic mass is 19.1. The lowest BCUT2D eigenvalue weighted by Gasteiger charge is -2.23. The summed E-state index contributed by atoms with van der Waals surface area (Å²) < 4.78 is 13.9. The second-order valence-corrected chi connectivity index (χ2v) is 8.55. The van der Waals surface area contributed by atoms with Gasteiger partial charge in [0.25, 0.3) is 5.91 Å². The molecule has 2 heterocycles. The Hall–Kier alpha value is -3.01. The molecule has 1 aliphatic carbocycles. The zero-order valence-electron chi connectivity index (χ0n) is 19.0. The summed E-state index contributed by atoms with van der Waals surface area (Å²) in [5.74, 6) is 0.0218. The molecule has 5 N–H and O–H groups in total. The maximum Gasteiger partial charge on any atom is 0.255 e. The van der Waals surface area contributed by atoms with Crippen molar-refractivity contribution in [1.29, 1.82) is 0 Å². The molecule has 2 aromatic rings. The molecule has 1 atom stereocenters. The highest BCUT2D eigenvalue weighted by Gasteiger charge is 2.27. The molecule has 32 heavy (non-hydrogen) atoms. The number of amides is 1. The number of carbonyl (C=O) groups is 1. The van der Waals surface area contributed by atoms with Crippen LogP contribution in [0.25, 0.3) is 0 Å².